The largest absolute Gasteiger partial charge is 0.383 e. The molecular formula is C16H26N2O2. The van der Waals surface area contributed by atoms with Crippen molar-refractivity contribution in [2.45, 2.75) is 32.0 Å². The normalized spacial score (nSPS) is 22.1. The standard InChI is InChI=1S/C16H26N2O2/c1-13-16(8-10-20-13)18(2)15-6-4-14(5-7-15)12-17-9-11-19-3/h4-7,13,16-17H,8-12H2,1-3H3. The van der Waals surface area contributed by atoms with Crippen LogP contribution in [-0.2, 0) is 16.0 Å². The second-order valence-electron chi connectivity index (χ2n) is 5.38. The summed E-state index contributed by atoms with van der Waals surface area (Å²) in [6.07, 6.45) is 1.42. The van der Waals surface area contributed by atoms with Crippen molar-refractivity contribution >= 4 is 5.69 Å². The van der Waals surface area contributed by atoms with Crippen LogP contribution in [-0.4, -0.2) is 46.1 Å². The molecule has 0 radical (unpaired) electrons. The summed E-state index contributed by atoms with van der Waals surface area (Å²) in [5.74, 6) is 0. The summed E-state index contributed by atoms with van der Waals surface area (Å²) in [5.41, 5.74) is 2.56. The van der Waals surface area contributed by atoms with Crippen LogP contribution < -0.4 is 10.2 Å². The molecule has 1 aromatic carbocycles. The second-order valence-corrected chi connectivity index (χ2v) is 5.38. The minimum atomic E-state index is 0.315. The number of benzene rings is 1. The Morgan fingerprint density at radius 2 is 2.10 bits per heavy atom. The molecule has 0 amide bonds. The van der Waals surface area contributed by atoms with E-state index in [1.807, 2.05) is 0 Å². The van der Waals surface area contributed by atoms with Crippen molar-refractivity contribution in [1.82, 2.24) is 5.32 Å². The molecule has 4 heteroatoms. The predicted molar refractivity (Wildman–Crippen MR) is 82.2 cm³/mol. The summed E-state index contributed by atoms with van der Waals surface area (Å²) < 4.78 is 10.7. The number of hydrogen-bond donors (Lipinski definition) is 1. The van der Waals surface area contributed by atoms with E-state index in [2.05, 4.69) is 48.5 Å². The highest BCUT2D eigenvalue weighted by molar-refractivity contribution is 5.48. The minimum Gasteiger partial charge on any atom is -0.383 e. The third kappa shape index (κ3) is 3.95. The monoisotopic (exact) mass is 278 g/mol. The first-order chi connectivity index (χ1) is 9.72. The third-order valence-corrected chi connectivity index (χ3v) is 3.99. The molecule has 112 valence electrons. The molecule has 4 nitrogen and oxygen atoms in total. The Hall–Kier alpha value is -1.10. The molecule has 1 aromatic rings. The third-order valence-electron chi connectivity index (χ3n) is 3.99. The van der Waals surface area contributed by atoms with Crippen molar-refractivity contribution in [2.24, 2.45) is 0 Å². The minimum absolute atomic E-state index is 0.315. The van der Waals surface area contributed by atoms with Gasteiger partial charge in [-0.15, -0.1) is 0 Å². The molecule has 0 aliphatic carbocycles. The first kappa shape index (κ1) is 15.3. The number of hydrogen-bond acceptors (Lipinski definition) is 4. The Labute approximate surface area is 122 Å². The average molecular weight is 278 g/mol. The number of nitrogens with zero attached hydrogens (tertiary/aromatic N) is 1. The number of rotatable bonds is 7. The van der Waals surface area contributed by atoms with Crippen molar-refractivity contribution < 1.29 is 9.47 Å². The zero-order chi connectivity index (χ0) is 14.4. The molecule has 0 aromatic heterocycles. The smallest absolute Gasteiger partial charge is 0.0750 e. The molecule has 1 fully saturated rings. The lowest BCUT2D eigenvalue weighted by Crippen LogP contribution is -2.36. The molecule has 2 atom stereocenters. The maximum absolute atomic E-state index is 5.64. The van der Waals surface area contributed by atoms with Crippen molar-refractivity contribution in [3.63, 3.8) is 0 Å². The van der Waals surface area contributed by atoms with Crippen LogP contribution in [0.3, 0.4) is 0 Å². The molecule has 1 saturated heterocycles. The Morgan fingerprint density at radius 1 is 1.35 bits per heavy atom. The lowest BCUT2D eigenvalue weighted by atomic mass is 10.1. The van der Waals surface area contributed by atoms with Gasteiger partial charge in [-0.05, 0) is 31.0 Å². The second kappa shape index (κ2) is 7.62. The van der Waals surface area contributed by atoms with Crippen LogP contribution in [0.15, 0.2) is 24.3 Å². The van der Waals surface area contributed by atoms with Crippen LogP contribution in [0.1, 0.15) is 18.9 Å². The highest BCUT2D eigenvalue weighted by atomic mass is 16.5. The van der Waals surface area contributed by atoms with E-state index in [-0.39, 0.29) is 0 Å². The van der Waals surface area contributed by atoms with Gasteiger partial charge in [0.1, 0.15) is 0 Å². The molecule has 20 heavy (non-hydrogen) atoms. The van der Waals surface area contributed by atoms with Crippen LogP contribution >= 0.6 is 0 Å². The zero-order valence-corrected chi connectivity index (χ0v) is 12.8. The molecular weight excluding hydrogens is 252 g/mol. The molecule has 2 unspecified atom stereocenters. The number of likely N-dealkylation sites (N-methyl/N-ethyl adjacent to an activating group) is 1. The summed E-state index contributed by atoms with van der Waals surface area (Å²) in [4.78, 5) is 2.33. The zero-order valence-electron chi connectivity index (χ0n) is 12.8. The van der Waals surface area contributed by atoms with Gasteiger partial charge in [0.15, 0.2) is 0 Å². The molecule has 1 aliphatic rings. The first-order valence-electron chi connectivity index (χ1n) is 7.35. The van der Waals surface area contributed by atoms with Gasteiger partial charge in [0.05, 0.1) is 18.8 Å². The van der Waals surface area contributed by atoms with Crippen molar-refractivity contribution in [3.8, 4) is 0 Å². The van der Waals surface area contributed by atoms with Crippen molar-refractivity contribution in [3.05, 3.63) is 29.8 Å². The van der Waals surface area contributed by atoms with Crippen molar-refractivity contribution in [2.75, 3.05) is 38.8 Å². The Balaban J connectivity index is 1.87. The number of anilines is 1. The lowest BCUT2D eigenvalue weighted by molar-refractivity contribution is 0.118. The quantitative estimate of drug-likeness (QED) is 0.774. The summed E-state index contributed by atoms with van der Waals surface area (Å²) in [5, 5.41) is 3.35. The van der Waals surface area contributed by atoms with E-state index < -0.39 is 0 Å². The van der Waals surface area contributed by atoms with E-state index in [0.29, 0.717) is 12.1 Å². The van der Waals surface area contributed by atoms with E-state index in [9.17, 15) is 0 Å². The van der Waals surface area contributed by atoms with Crippen molar-refractivity contribution in [1.29, 1.82) is 0 Å². The molecule has 0 saturated carbocycles. The maximum atomic E-state index is 5.64. The lowest BCUT2D eigenvalue weighted by Gasteiger charge is -2.29. The molecule has 0 spiro atoms. The van der Waals surface area contributed by atoms with E-state index >= 15 is 0 Å². The van der Waals surface area contributed by atoms with Crippen LogP contribution in [0.4, 0.5) is 5.69 Å². The fraction of sp³-hybridized carbons (Fsp3) is 0.625. The summed E-state index contributed by atoms with van der Waals surface area (Å²) in [6, 6.07) is 9.25. The van der Waals surface area contributed by atoms with Gasteiger partial charge < -0.3 is 19.7 Å². The van der Waals surface area contributed by atoms with E-state index in [1.165, 1.54) is 11.3 Å². The number of ether oxygens (including phenoxy) is 2. The van der Waals surface area contributed by atoms with E-state index in [0.717, 1.165) is 32.7 Å². The van der Waals surface area contributed by atoms with E-state index in [1.54, 1.807) is 7.11 Å². The summed E-state index contributed by atoms with van der Waals surface area (Å²) in [6.45, 7) is 5.55. The fourth-order valence-electron chi connectivity index (χ4n) is 2.68. The van der Waals surface area contributed by atoms with Crippen LogP contribution in [0, 0.1) is 0 Å². The maximum Gasteiger partial charge on any atom is 0.0750 e. The Kier molecular flexibility index (Phi) is 5.83. The Morgan fingerprint density at radius 3 is 2.70 bits per heavy atom. The van der Waals surface area contributed by atoms with Gasteiger partial charge in [0, 0.05) is 39.5 Å². The average Bonchev–Trinajstić information content (AvgIpc) is 2.90. The van der Waals surface area contributed by atoms with Gasteiger partial charge in [-0.25, -0.2) is 0 Å². The summed E-state index contributed by atoms with van der Waals surface area (Å²) >= 11 is 0. The van der Waals surface area contributed by atoms with Crippen LogP contribution in [0.25, 0.3) is 0 Å². The van der Waals surface area contributed by atoms with Gasteiger partial charge in [-0.1, -0.05) is 12.1 Å². The number of nitrogens with one attached hydrogen (secondary N) is 1. The molecule has 0 bridgehead atoms. The molecule has 2 rings (SSSR count). The van der Waals surface area contributed by atoms with E-state index in [4.69, 9.17) is 9.47 Å². The molecule has 1 N–H and O–H groups in total. The van der Waals surface area contributed by atoms with Gasteiger partial charge in [0.2, 0.25) is 0 Å². The van der Waals surface area contributed by atoms with Gasteiger partial charge in [-0.2, -0.15) is 0 Å². The van der Waals surface area contributed by atoms with Gasteiger partial charge >= 0.3 is 0 Å². The highest BCUT2D eigenvalue weighted by Gasteiger charge is 2.27. The molecule has 1 aliphatic heterocycles. The van der Waals surface area contributed by atoms with Gasteiger partial charge in [0.25, 0.3) is 0 Å². The SMILES string of the molecule is COCCNCc1ccc(N(C)C2CCOC2C)cc1. The van der Waals surface area contributed by atoms with Crippen LogP contribution in [0.5, 0.6) is 0 Å². The predicted octanol–water partition coefficient (Wildman–Crippen LogP) is 2.04. The topological polar surface area (TPSA) is 33.7 Å². The van der Waals surface area contributed by atoms with Crippen LogP contribution in [0.2, 0.25) is 0 Å². The van der Waals surface area contributed by atoms with Gasteiger partial charge in [-0.3, -0.25) is 0 Å². The highest BCUT2D eigenvalue weighted by Crippen LogP contribution is 2.24. The fourth-order valence-corrected chi connectivity index (χ4v) is 2.68. The molecule has 1 heterocycles. The summed E-state index contributed by atoms with van der Waals surface area (Å²) in [7, 11) is 3.88. The first-order valence-corrected chi connectivity index (χ1v) is 7.35. The Bertz CT molecular complexity index is 394. The number of methoxy groups -OCH3 is 1.